The van der Waals surface area contributed by atoms with Gasteiger partial charge in [-0.3, -0.25) is 4.98 Å². The topological polar surface area (TPSA) is 50.0 Å². The highest BCUT2D eigenvalue weighted by molar-refractivity contribution is 6.09. The van der Waals surface area contributed by atoms with Crippen molar-refractivity contribution in [3.63, 3.8) is 0 Å². The molecule has 0 atom stereocenters. The number of hydrogen-bond acceptors (Lipinski definition) is 4. The standard InChI is InChI=1S/C22H22F2N4/c23-22(24)11-15(12-22)21-20(18-13-25-28-27-18)19(14-7-3-1-4-8-14)16-9-5-2-6-10-17(16)26-21/h1,3-4,7-8,15H,2,5-6,9-13H2. The Hall–Kier alpha value is -2.50. The molecule has 2 heterocycles. The SMILES string of the molecule is FC1(F)CC(c2nc3c(c(-c4ccccc4)c2C2=NN=NC2)CCCCC3)C1. The Balaban J connectivity index is 1.76. The van der Waals surface area contributed by atoms with Crippen molar-refractivity contribution in [1.29, 1.82) is 0 Å². The summed E-state index contributed by atoms with van der Waals surface area (Å²) in [5, 5.41) is 12.1. The number of nitrogens with zero attached hydrogens (tertiary/aromatic N) is 4. The minimum Gasteiger partial charge on any atom is -0.257 e. The number of aryl methyl sites for hydroxylation is 1. The Morgan fingerprint density at radius 1 is 0.929 bits per heavy atom. The molecule has 28 heavy (non-hydrogen) atoms. The molecule has 0 bridgehead atoms. The summed E-state index contributed by atoms with van der Waals surface area (Å²) in [6.45, 7) is 0.385. The molecule has 0 N–H and O–H groups in total. The molecule has 6 heteroatoms. The Kier molecular flexibility index (Phi) is 4.29. The van der Waals surface area contributed by atoms with Crippen LogP contribution in [0.1, 0.15) is 60.5 Å². The van der Waals surface area contributed by atoms with Gasteiger partial charge in [-0.2, -0.15) is 5.11 Å². The zero-order valence-corrected chi connectivity index (χ0v) is 15.7. The van der Waals surface area contributed by atoms with Gasteiger partial charge in [-0.05, 0) is 47.6 Å². The molecule has 0 radical (unpaired) electrons. The fourth-order valence-electron chi connectivity index (χ4n) is 4.65. The molecule has 4 nitrogen and oxygen atoms in total. The number of alkyl halides is 2. The largest absolute Gasteiger partial charge is 0.257 e. The lowest BCUT2D eigenvalue weighted by molar-refractivity contribution is -0.0876. The van der Waals surface area contributed by atoms with Crippen LogP contribution < -0.4 is 0 Å². The summed E-state index contributed by atoms with van der Waals surface area (Å²) in [5.74, 6) is -2.82. The number of rotatable bonds is 3. The highest BCUT2D eigenvalue weighted by Crippen LogP contribution is 2.50. The van der Waals surface area contributed by atoms with Gasteiger partial charge in [-0.1, -0.05) is 36.8 Å². The molecule has 1 aliphatic heterocycles. The summed E-state index contributed by atoms with van der Waals surface area (Å²) in [7, 11) is 0. The van der Waals surface area contributed by atoms with E-state index in [0.29, 0.717) is 6.54 Å². The van der Waals surface area contributed by atoms with Crippen LogP contribution in [0.15, 0.2) is 45.8 Å². The first-order valence-corrected chi connectivity index (χ1v) is 10.0. The molecule has 1 saturated carbocycles. The second-order valence-corrected chi connectivity index (χ2v) is 8.00. The van der Waals surface area contributed by atoms with E-state index in [2.05, 4.69) is 27.6 Å². The van der Waals surface area contributed by atoms with Crippen molar-refractivity contribution in [3.05, 3.63) is 52.8 Å². The van der Waals surface area contributed by atoms with Crippen LogP contribution in [0.4, 0.5) is 8.78 Å². The van der Waals surface area contributed by atoms with E-state index in [-0.39, 0.29) is 18.8 Å². The van der Waals surface area contributed by atoms with Crippen LogP contribution in [0, 0.1) is 0 Å². The van der Waals surface area contributed by atoms with Gasteiger partial charge in [0.2, 0.25) is 5.92 Å². The highest BCUT2D eigenvalue weighted by Gasteiger charge is 2.48. The van der Waals surface area contributed by atoms with Gasteiger partial charge < -0.3 is 0 Å². The number of pyridine rings is 1. The summed E-state index contributed by atoms with van der Waals surface area (Å²) < 4.78 is 27.4. The molecule has 2 aromatic rings. The van der Waals surface area contributed by atoms with Crippen LogP contribution in [-0.4, -0.2) is 23.2 Å². The second-order valence-electron chi connectivity index (χ2n) is 8.00. The Bertz CT molecular complexity index is 958. The first-order valence-electron chi connectivity index (χ1n) is 10.0. The third-order valence-electron chi connectivity index (χ3n) is 6.03. The van der Waals surface area contributed by atoms with E-state index in [9.17, 15) is 8.78 Å². The first kappa shape index (κ1) is 17.6. The van der Waals surface area contributed by atoms with E-state index in [1.54, 1.807) is 0 Å². The zero-order valence-electron chi connectivity index (χ0n) is 15.7. The van der Waals surface area contributed by atoms with Gasteiger partial charge in [0.15, 0.2) is 0 Å². The van der Waals surface area contributed by atoms with Gasteiger partial charge in [0.1, 0.15) is 6.54 Å². The molecule has 5 rings (SSSR count). The molecule has 144 valence electrons. The number of benzene rings is 1. The van der Waals surface area contributed by atoms with Gasteiger partial charge in [0.25, 0.3) is 0 Å². The third-order valence-corrected chi connectivity index (χ3v) is 6.03. The van der Waals surface area contributed by atoms with Gasteiger partial charge >= 0.3 is 0 Å². The Labute approximate surface area is 162 Å². The molecule has 0 spiro atoms. The predicted molar refractivity (Wildman–Crippen MR) is 104 cm³/mol. The molecule has 2 aliphatic carbocycles. The molecule has 0 amide bonds. The van der Waals surface area contributed by atoms with E-state index in [0.717, 1.165) is 59.5 Å². The van der Waals surface area contributed by atoms with Crippen molar-refractivity contribution in [3.8, 4) is 11.1 Å². The van der Waals surface area contributed by atoms with Crippen LogP contribution in [0.3, 0.4) is 0 Å². The first-order chi connectivity index (χ1) is 13.6. The van der Waals surface area contributed by atoms with Crippen molar-refractivity contribution < 1.29 is 8.78 Å². The van der Waals surface area contributed by atoms with Crippen LogP contribution in [0.25, 0.3) is 11.1 Å². The maximum atomic E-state index is 13.7. The third kappa shape index (κ3) is 3.05. The lowest BCUT2D eigenvalue weighted by Gasteiger charge is -2.36. The van der Waals surface area contributed by atoms with Gasteiger partial charge in [0.05, 0.1) is 11.4 Å². The Morgan fingerprint density at radius 2 is 1.71 bits per heavy atom. The highest BCUT2D eigenvalue weighted by atomic mass is 19.3. The van der Waals surface area contributed by atoms with Gasteiger partial charge in [-0.15, -0.1) is 5.10 Å². The van der Waals surface area contributed by atoms with E-state index in [1.165, 1.54) is 12.0 Å². The van der Waals surface area contributed by atoms with Crippen LogP contribution >= 0.6 is 0 Å². The minimum absolute atomic E-state index is 0.137. The number of halogens is 2. The molecule has 1 aromatic carbocycles. The summed E-state index contributed by atoms with van der Waals surface area (Å²) in [6, 6.07) is 10.2. The molecule has 0 unspecified atom stereocenters. The lowest BCUT2D eigenvalue weighted by Crippen LogP contribution is -2.35. The molecule has 1 aromatic heterocycles. The van der Waals surface area contributed by atoms with Crippen molar-refractivity contribution in [2.24, 2.45) is 15.4 Å². The van der Waals surface area contributed by atoms with Gasteiger partial charge in [0, 0.05) is 30.0 Å². The van der Waals surface area contributed by atoms with Crippen LogP contribution in [0.2, 0.25) is 0 Å². The smallest absolute Gasteiger partial charge is 0.249 e. The zero-order chi connectivity index (χ0) is 19.1. The molecule has 0 saturated heterocycles. The molecular formula is C22H22F2N4. The van der Waals surface area contributed by atoms with E-state index >= 15 is 0 Å². The maximum Gasteiger partial charge on any atom is 0.249 e. The van der Waals surface area contributed by atoms with Crippen molar-refractivity contribution in [2.45, 2.75) is 56.8 Å². The fraction of sp³-hybridized carbons (Fsp3) is 0.455. The van der Waals surface area contributed by atoms with E-state index in [1.807, 2.05) is 18.2 Å². The second kappa shape index (κ2) is 6.83. The monoisotopic (exact) mass is 380 g/mol. The van der Waals surface area contributed by atoms with Gasteiger partial charge in [-0.25, -0.2) is 8.78 Å². The summed E-state index contributed by atoms with van der Waals surface area (Å²) >= 11 is 0. The number of fused-ring (bicyclic) bond motifs is 1. The molecule has 1 fully saturated rings. The predicted octanol–water partition coefficient (Wildman–Crippen LogP) is 5.70. The molecular weight excluding hydrogens is 358 g/mol. The van der Waals surface area contributed by atoms with Crippen molar-refractivity contribution >= 4 is 5.71 Å². The van der Waals surface area contributed by atoms with Crippen LogP contribution in [-0.2, 0) is 12.8 Å². The summed E-state index contributed by atoms with van der Waals surface area (Å²) in [6.07, 6.45) is 4.98. The number of aromatic nitrogens is 1. The maximum absolute atomic E-state index is 13.7. The average molecular weight is 380 g/mol. The number of hydrogen-bond donors (Lipinski definition) is 0. The minimum atomic E-state index is -2.59. The van der Waals surface area contributed by atoms with Crippen molar-refractivity contribution in [2.75, 3.05) is 6.54 Å². The van der Waals surface area contributed by atoms with E-state index < -0.39 is 5.92 Å². The van der Waals surface area contributed by atoms with E-state index in [4.69, 9.17) is 4.98 Å². The van der Waals surface area contributed by atoms with Crippen LogP contribution in [0.5, 0.6) is 0 Å². The normalized spacial score (nSPS) is 21.0. The average Bonchev–Trinajstić information content (AvgIpc) is 3.10. The molecule has 3 aliphatic rings. The Morgan fingerprint density at radius 3 is 2.43 bits per heavy atom. The summed E-state index contributed by atoms with van der Waals surface area (Å²) in [4.78, 5) is 4.99. The summed E-state index contributed by atoms with van der Waals surface area (Å²) in [5.41, 5.74) is 6.97. The quantitative estimate of drug-likeness (QED) is 0.630. The van der Waals surface area contributed by atoms with Crippen molar-refractivity contribution in [1.82, 2.24) is 4.98 Å². The lowest BCUT2D eigenvalue weighted by atomic mass is 9.75. The fourth-order valence-corrected chi connectivity index (χ4v) is 4.65.